The number of rotatable bonds is 53. The number of aliphatic hydroxyl groups excluding tert-OH is 1. The van der Waals surface area contributed by atoms with Crippen molar-refractivity contribution in [1.29, 1.82) is 0 Å². The molecular weight excluding hydrogens is 976 g/mol. The molecule has 3 unspecified atom stereocenters. The van der Waals surface area contributed by atoms with E-state index in [1.807, 2.05) is 0 Å². The number of allylic oxidation sites excluding steroid dienone is 20. The molecule has 0 saturated heterocycles. The van der Waals surface area contributed by atoms with Crippen LogP contribution in [0.2, 0.25) is 0 Å². The lowest BCUT2D eigenvalue weighted by Crippen LogP contribution is -2.30. The van der Waals surface area contributed by atoms with E-state index in [-0.39, 0.29) is 25.9 Å². The molecule has 432 valence electrons. The van der Waals surface area contributed by atoms with Gasteiger partial charge in [-0.05, 0) is 128 Å². The number of hydrogen-bond acceptors (Lipinski definition) is 10. The van der Waals surface area contributed by atoms with Gasteiger partial charge in [0.25, 0.3) is 0 Å². The Morgan fingerprint density at radius 2 is 0.684 bits per heavy atom. The Hall–Kier alpha value is -4.12. The number of hydrogen-bond donors (Lipinski definition) is 2. The van der Waals surface area contributed by atoms with Crippen LogP contribution in [0.3, 0.4) is 0 Å². The molecule has 0 rings (SSSR count). The van der Waals surface area contributed by atoms with E-state index in [0.29, 0.717) is 19.3 Å². The van der Waals surface area contributed by atoms with Crippen LogP contribution in [-0.2, 0) is 42.2 Å². The monoisotopic (exact) mass is 1080 g/mol. The molecule has 0 aromatic heterocycles. The first-order valence-electron chi connectivity index (χ1n) is 29.4. The Morgan fingerprint density at radius 3 is 1.07 bits per heavy atom. The predicted molar refractivity (Wildman–Crippen MR) is 316 cm³/mol. The van der Waals surface area contributed by atoms with Crippen LogP contribution in [-0.4, -0.2) is 66.5 Å². The Labute approximate surface area is 462 Å². The highest BCUT2D eigenvalue weighted by Crippen LogP contribution is 2.43. The molecule has 0 saturated carbocycles. The van der Waals surface area contributed by atoms with E-state index >= 15 is 0 Å². The maximum absolute atomic E-state index is 12.9. The second kappa shape index (κ2) is 57.1. The Balaban J connectivity index is 4.79. The number of phosphoric ester groups is 1. The maximum Gasteiger partial charge on any atom is 0.472 e. The van der Waals surface area contributed by atoms with Gasteiger partial charge in [-0.15, -0.1) is 0 Å². The summed E-state index contributed by atoms with van der Waals surface area (Å²) in [6.45, 7) is 4.30. The fourth-order valence-corrected chi connectivity index (χ4v) is 8.21. The maximum atomic E-state index is 12.9. The van der Waals surface area contributed by atoms with Gasteiger partial charge in [-0.2, -0.15) is 0 Å². The Bertz CT molecular complexity index is 1740. The first-order chi connectivity index (χ1) is 37.2. The van der Waals surface area contributed by atoms with Crippen LogP contribution in [0.4, 0.5) is 0 Å². The molecular formula is C64H105O11P. The molecule has 0 amide bonds. The molecule has 0 heterocycles. The van der Waals surface area contributed by atoms with E-state index in [2.05, 4.69) is 142 Å². The van der Waals surface area contributed by atoms with Crippen molar-refractivity contribution in [3.8, 4) is 0 Å². The number of phosphoric acid groups is 1. The highest BCUT2D eigenvalue weighted by atomic mass is 31.2. The third-order valence-electron chi connectivity index (χ3n) is 11.8. The normalized spacial score (nSPS) is 14.2. The highest BCUT2D eigenvalue weighted by Gasteiger charge is 2.28. The van der Waals surface area contributed by atoms with Gasteiger partial charge in [0.05, 0.1) is 19.8 Å². The van der Waals surface area contributed by atoms with Gasteiger partial charge in [-0.1, -0.05) is 200 Å². The first kappa shape index (κ1) is 71.9. The van der Waals surface area contributed by atoms with Crippen molar-refractivity contribution in [2.45, 2.75) is 238 Å². The lowest BCUT2D eigenvalue weighted by Gasteiger charge is -2.21. The predicted octanol–water partition coefficient (Wildman–Crippen LogP) is 17.6. The average Bonchev–Trinajstić information content (AvgIpc) is 3.41. The standard InChI is InChI=1S/C64H105O11P/c1-4-7-10-13-16-19-22-25-27-29-30-32-34-37-40-43-46-49-52-55-64(68)75-61(57-71-62(66)53-50-47-44-41-38-35-24-21-18-15-12-9-6-3)59-73-76(69,70)72-58-60(56-65)74-63(67)54-51-48-45-42-39-36-33-31-28-26-23-20-17-14-11-8-5-2/h8-9,11-12,16-21,25-28,30,32-33,35-36,38,60-61,65H,4-7,10,13-15,22-24,29,31,34,37,39-59H2,1-3H3,(H,69,70)/b11-8-,12-9-,19-16-,20-17-,21-18-,27-25-,28-26-,32-30-,36-33-,38-35-. The van der Waals surface area contributed by atoms with Crippen LogP contribution in [0.5, 0.6) is 0 Å². The summed E-state index contributed by atoms with van der Waals surface area (Å²) in [4.78, 5) is 48.6. The van der Waals surface area contributed by atoms with Crippen LogP contribution in [0, 0.1) is 0 Å². The summed E-state index contributed by atoms with van der Waals surface area (Å²) >= 11 is 0. The van der Waals surface area contributed by atoms with Crippen molar-refractivity contribution < 1.29 is 52.2 Å². The topological polar surface area (TPSA) is 155 Å². The summed E-state index contributed by atoms with van der Waals surface area (Å²) in [7, 11) is -4.77. The van der Waals surface area contributed by atoms with Crippen molar-refractivity contribution in [2.24, 2.45) is 0 Å². The van der Waals surface area contributed by atoms with Crippen LogP contribution in [0.15, 0.2) is 122 Å². The molecule has 3 atom stereocenters. The molecule has 0 radical (unpaired) electrons. The van der Waals surface area contributed by atoms with Crippen molar-refractivity contribution in [1.82, 2.24) is 0 Å². The Kier molecular flexibility index (Phi) is 54.0. The molecule has 76 heavy (non-hydrogen) atoms. The molecule has 0 fully saturated rings. The van der Waals surface area contributed by atoms with Gasteiger partial charge in [0, 0.05) is 19.3 Å². The van der Waals surface area contributed by atoms with Gasteiger partial charge in [0.1, 0.15) is 12.7 Å². The van der Waals surface area contributed by atoms with Crippen molar-refractivity contribution in [3.63, 3.8) is 0 Å². The lowest BCUT2D eigenvalue weighted by molar-refractivity contribution is -0.161. The molecule has 0 aromatic rings. The number of unbranched alkanes of at least 4 members (excludes halogenated alkanes) is 16. The smallest absolute Gasteiger partial charge is 0.462 e. The van der Waals surface area contributed by atoms with E-state index in [1.54, 1.807) is 0 Å². The van der Waals surface area contributed by atoms with Gasteiger partial charge in [-0.3, -0.25) is 23.4 Å². The quantitative estimate of drug-likeness (QED) is 0.0197. The first-order valence-corrected chi connectivity index (χ1v) is 30.9. The number of ether oxygens (including phenoxy) is 3. The van der Waals surface area contributed by atoms with Gasteiger partial charge < -0.3 is 24.2 Å². The van der Waals surface area contributed by atoms with Crippen molar-refractivity contribution in [3.05, 3.63) is 122 Å². The molecule has 0 aromatic carbocycles. The number of carbonyl (C=O) groups excluding carboxylic acids is 3. The van der Waals surface area contributed by atoms with E-state index in [9.17, 15) is 28.9 Å². The lowest BCUT2D eigenvalue weighted by atomic mass is 10.1. The molecule has 0 aliphatic carbocycles. The average molecular weight is 1080 g/mol. The summed E-state index contributed by atoms with van der Waals surface area (Å²) < 4.78 is 39.5. The second-order valence-electron chi connectivity index (χ2n) is 19.0. The number of aliphatic hydroxyl groups is 1. The van der Waals surface area contributed by atoms with Crippen LogP contribution >= 0.6 is 7.82 Å². The summed E-state index contributed by atoms with van der Waals surface area (Å²) in [6, 6.07) is 0. The van der Waals surface area contributed by atoms with Crippen LogP contribution in [0.25, 0.3) is 0 Å². The Morgan fingerprint density at radius 1 is 0.382 bits per heavy atom. The summed E-state index contributed by atoms with van der Waals surface area (Å²) in [5.74, 6) is -1.55. The SMILES string of the molecule is CC/C=C\C/C=C\C/C=C\C/C=C\CCCCCCC(=O)OC(CO)COP(=O)(O)OCC(COC(=O)CCCCC/C=C\C/C=C\C/C=C\CC)OC(=O)CCCCCCCC/C=C\C/C=C\C/C=C\CCCCC. The molecule has 0 aliphatic rings. The third kappa shape index (κ3) is 54.7. The van der Waals surface area contributed by atoms with Gasteiger partial charge in [0.2, 0.25) is 0 Å². The van der Waals surface area contributed by atoms with E-state index < -0.39 is 57.8 Å². The summed E-state index contributed by atoms with van der Waals surface area (Å²) in [5.41, 5.74) is 0. The second-order valence-corrected chi connectivity index (χ2v) is 20.5. The molecule has 0 spiro atoms. The van der Waals surface area contributed by atoms with E-state index in [4.69, 9.17) is 23.3 Å². The minimum Gasteiger partial charge on any atom is -0.462 e. The van der Waals surface area contributed by atoms with Gasteiger partial charge >= 0.3 is 25.7 Å². The number of esters is 3. The molecule has 0 bridgehead atoms. The largest absolute Gasteiger partial charge is 0.472 e. The van der Waals surface area contributed by atoms with E-state index in [1.165, 1.54) is 25.7 Å². The van der Waals surface area contributed by atoms with Crippen LogP contribution in [0.1, 0.15) is 226 Å². The minimum atomic E-state index is -4.77. The molecule has 12 heteroatoms. The number of carbonyl (C=O) groups is 3. The molecule has 2 N–H and O–H groups in total. The fraction of sp³-hybridized carbons (Fsp3) is 0.641. The van der Waals surface area contributed by atoms with Gasteiger partial charge in [0.15, 0.2) is 6.10 Å². The zero-order valence-electron chi connectivity index (χ0n) is 47.7. The fourth-order valence-electron chi connectivity index (χ4n) is 7.43. The van der Waals surface area contributed by atoms with Crippen molar-refractivity contribution in [2.75, 3.05) is 26.4 Å². The van der Waals surface area contributed by atoms with Crippen LogP contribution < -0.4 is 0 Å². The zero-order valence-corrected chi connectivity index (χ0v) is 48.6. The van der Waals surface area contributed by atoms with Gasteiger partial charge in [-0.25, -0.2) is 4.57 Å². The van der Waals surface area contributed by atoms with E-state index in [0.717, 1.165) is 141 Å². The highest BCUT2D eigenvalue weighted by molar-refractivity contribution is 7.47. The molecule has 0 aliphatic heterocycles. The third-order valence-corrected chi connectivity index (χ3v) is 12.8. The summed E-state index contributed by atoms with van der Waals surface area (Å²) in [6.07, 6.45) is 70.1. The zero-order chi connectivity index (χ0) is 55.5. The minimum absolute atomic E-state index is 0.138. The summed E-state index contributed by atoms with van der Waals surface area (Å²) in [5, 5.41) is 9.82. The molecule has 11 nitrogen and oxygen atoms in total. The van der Waals surface area contributed by atoms with Crippen molar-refractivity contribution >= 4 is 25.7 Å².